The quantitative estimate of drug-likeness (QED) is 0.890. The van der Waals surface area contributed by atoms with Crippen LogP contribution in [0.4, 0.5) is 5.69 Å². The largest absolute Gasteiger partial charge is 0.446 e. The van der Waals surface area contributed by atoms with Crippen LogP contribution in [-0.2, 0) is 0 Å². The van der Waals surface area contributed by atoms with E-state index in [2.05, 4.69) is 15.2 Å². The van der Waals surface area contributed by atoms with Gasteiger partial charge in [-0.1, -0.05) is 11.6 Å². The lowest BCUT2D eigenvalue weighted by molar-refractivity contribution is -0.106. The Morgan fingerprint density at radius 2 is 1.92 bits per heavy atom. The second kappa shape index (κ2) is 6.28. The van der Waals surface area contributed by atoms with Gasteiger partial charge in [0, 0.05) is 42.2 Å². The van der Waals surface area contributed by atoms with Crippen molar-refractivity contribution in [2.45, 2.75) is 18.9 Å². The molecule has 4 fully saturated rings. The van der Waals surface area contributed by atoms with Crippen molar-refractivity contribution in [1.82, 2.24) is 9.88 Å². The van der Waals surface area contributed by atoms with Crippen molar-refractivity contribution in [2.24, 2.45) is 17.8 Å². The van der Waals surface area contributed by atoms with Crippen molar-refractivity contribution in [2.75, 3.05) is 25.0 Å². The SMILES string of the molecule is O=C(Nc1ccc(Cl)cc1)c1coc(OC2C3CC4CC2CN(C4)C3)n1. The predicted octanol–water partition coefficient (Wildman–Crippen LogP) is 3.30. The monoisotopic (exact) mass is 373 g/mol. The molecule has 2 aromatic rings. The van der Waals surface area contributed by atoms with E-state index in [1.54, 1.807) is 24.3 Å². The van der Waals surface area contributed by atoms with Gasteiger partial charge in [-0.3, -0.25) is 4.79 Å². The number of aromatic nitrogens is 1. The highest BCUT2D eigenvalue weighted by molar-refractivity contribution is 6.30. The highest BCUT2D eigenvalue weighted by Gasteiger charge is 2.49. The van der Waals surface area contributed by atoms with E-state index < -0.39 is 0 Å². The van der Waals surface area contributed by atoms with Gasteiger partial charge in [0.1, 0.15) is 12.4 Å². The van der Waals surface area contributed by atoms with Crippen LogP contribution in [0.25, 0.3) is 0 Å². The zero-order chi connectivity index (χ0) is 17.7. The summed E-state index contributed by atoms with van der Waals surface area (Å²) in [7, 11) is 0. The molecule has 4 heterocycles. The summed E-state index contributed by atoms with van der Waals surface area (Å²) in [5.41, 5.74) is 0.863. The summed E-state index contributed by atoms with van der Waals surface area (Å²) in [6.45, 7) is 3.44. The van der Waals surface area contributed by atoms with Crippen molar-refractivity contribution in [3.05, 3.63) is 41.2 Å². The molecule has 1 aromatic heterocycles. The number of ether oxygens (including phenoxy) is 1. The van der Waals surface area contributed by atoms with Gasteiger partial charge in [0.2, 0.25) is 0 Å². The summed E-state index contributed by atoms with van der Waals surface area (Å²) in [6, 6.07) is 6.91. The number of piperidine rings is 3. The van der Waals surface area contributed by atoms with Crippen molar-refractivity contribution in [1.29, 1.82) is 0 Å². The van der Waals surface area contributed by atoms with E-state index >= 15 is 0 Å². The number of halogens is 1. The van der Waals surface area contributed by atoms with Gasteiger partial charge in [0.05, 0.1) is 0 Å². The molecular weight excluding hydrogens is 354 g/mol. The molecule has 1 N–H and O–H groups in total. The fraction of sp³-hybridized carbons (Fsp3) is 0.474. The van der Waals surface area contributed by atoms with Crippen LogP contribution in [0.15, 0.2) is 34.9 Å². The van der Waals surface area contributed by atoms with Gasteiger partial charge in [-0.15, -0.1) is 0 Å². The molecule has 3 saturated heterocycles. The summed E-state index contributed by atoms with van der Waals surface area (Å²) < 4.78 is 11.5. The smallest absolute Gasteiger partial charge is 0.394 e. The van der Waals surface area contributed by atoms with E-state index in [-0.39, 0.29) is 23.8 Å². The van der Waals surface area contributed by atoms with Crippen LogP contribution in [0.3, 0.4) is 0 Å². The van der Waals surface area contributed by atoms with Gasteiger partial charge < -0.3 is 19.4 Å². The number of nitrogens with zero attached hydrogens (tertiary/aromatic N) is 2. The van der Waals surface area contributed by atoms with Gasteiger partial charge in [0.15, 0.2) is 5.69 Å². The molecule has 3 aliphatic heterocycles. The fourth-order valence-electron chi connectivity index (χ4n) is 4.82. The Morgan fingerprint density at radius 1 is 1.19 bits per heavy atom. The second-order valence-electron chi connectivity index (χ2n) is 7.62. The highest BCUT2D eigenvalue weighted by atomic mass is 35.5. The number of carbonyl (C=O) groups excluding carboxylic acids is 1. The maximum absolute atomic E-state index is 12.3. The Hall–Kier alpha value is -2.05. The zero-order valence-corrected chi connectivity index (χ0v) is 15.0. The normalized spacial score (nSPS) is 31.8. The Morgan fingerprint density at radius 3 is 2.62 bits per heavy atom. The van der Waals surface area contributed by atoms with Crippen LogP contribution in [0.2, 0.25) is 5.02 Å². The number of rotatable bonds is 4. The summed E-state index contributed by atoms with van der Waals surface area (Å²) in [5.74, 6) is 1.57. The lowest BCUT2D eigenvalue weighted by Crippen LogP contribution is -2.61. The van der Waals surface area contributed by atoms with E-state index in [1.807, 2.05) is 0 Å². The number of amides is 1. The van der Waals surface area contributed by atoms with Crippen molar-refractivity contribution < 1.29 is 13.9 Å². The lowest BCUT2D eigenvalue weighted by Gasteiger charge is -2.54. The van der Waals surface area contributed by atoms with Gasteiger partial charge in [0.25, 0.3) is 5.91 Å². The van der Waals surface area contributed by atoms with E-state index in [4.69, 9.17) is 20.8 Å². The Bertz CT molecular complexity index is 792. The number of carbonyl (C=O) groups is 1. The van der Waals surface area contributed by atoms with Crippen LogP contribution < -0.4 is 10.1 Å². The van der Waals surface area contributed by atoms with Crippen LogP contribution in [-0.4, -0.2) is 41.5 Å². The van der Waals surface area contributed by atoms with Crippen LogP contribution in [0, 0.1) is 17.8 Å². The first-order valence-corrected chi connectivity index (χ1v) is 9.43. The molecule has 0 spiro atoms. The average molecular weight is 374 g/mol. The fourth-order valence-corrected chi connectivity index (χ4v) is 4.94. The zero-order valence-electron chi connectivity index (χ0n) is 14.2. The number of nitrogens with one attached hydrogen (secondary N) is 1. The highest BCUT2D eigenvalue weighted by Crippen LogP contribution is 2.44. The summed E-state index contributed by atoms with van der Waals surface area (Å²) in [5, 5.41) is 3.39. The molecule has 2 atom stereocenters. The van der Waals surface area contributed by atoms with Gasteiger partial charge in [-0.25, -0.2) is 0 Å². The first kappa shape index (κ1) is 16.1. The molecule has 1 saturated carbocycles. The molecule has 4 bridgehead atoms. The second-order valence-corrected chi connectivity index (χ2v) is 8.05. The van der Waals surface area contributed by atoms with E-state index in [0.29, 0.717) is 22.5 Å². The molecule has 1 aromatic carbocycles. The number of benzene rings is 1. The van der Waals surface area contributed by atoms with Crippen LogP contribution >= 0.6 is 11.6 Å². The molecule has 136 valence electrons. The minimum absolute atomic E-state index is 0.147. The molecule has 2 unspecified atom stereocenters. The molecular formula is C19H20ClN3O3. The number of hydrogen-bond donors (Lipinski definition) is 1. The van der Waals surface area contributed by atoms with E-state index in [9.17, 15) is 4.79 Å². The number of anilines is 1. The van der Waals surface area contributed by atoms with E-state index in [0.717, 1.165) is 19.0 Å². The third-order valence-corrected chi connectivity index (χ3v) is 6.01. The summed E-state index contributed by atoms with van der Waals surface area (Å²) in [4.78, 5) is 19.1. The first-order chi connectivity index (χ1) is 12.6. The summed E-state index contributed by atoms with van der Waals surface area (Å²) in [6.07, 6.45) is 4.14. The van der Waals surface area contributed by atoms with Crippen molar-refractivity contribution in [3.63, 3.8) is 0 Å². The Balaban J connectivity index is 1.25. The third-order valence-electron chi connectivity index (χ3n) is 5.76. The van der Waals surface area contributed by atoms with Crippen LogP contribution in [0.5, 0.6) is 6.08 Å². The van der Waals surface area contributed by atoms with Crippen molar-refractivity contribution >= 4 is 23.2 Å². The molecule has 6 rings (SSSR count). The average Bonchev–Trinajstić information content (AvgIpc) is 3.08. The molecule has 0 radical (unpaired) electrons. The van der Waals surface area contributed by atoms with Crippen LogP contribution in [0.1, 0.15) is 23.3 Å². The molecule has 1 aliphatic carbocycles. The first-order valence-electron chi connectivity index (χ1n) is 9.05. The molecule has 6 nitrogen and oxygen atoms in total. The third kappa shape index (κ3) is 2.97. The lowest BCUT2D eigenvalue weighted by atomic mass is 9.66. The maximum Gasteiger partial charge on any atom is 0.394 e. The minimum atomic E-state index is -0.331. The Labute approximate surface area is 156 Å². The maximum atomic E-state index is 12.3. The molecule has 1 amide bonds. The Kier molecular flexibility index (Phi) is 3.90. The standard InChI is InChI=1S/C19H20ClN3O3/c20-14-1-3-15(4-2-14)21-18(24)16-10-25-19(22-16)26-17-12-5-11-6-13(17)9-23(7-11)8-12/h1-4,10-13,17H,5-9H2,(H,21,24). The number of hydrogen-bond acceptors (Lipinski definition) is 5. The minimum Gasteiger partial charge on any atom is -0.446 e. The summed E-state index contributed by atoms with van der Waals surface area (Å²) >= 11 is 5.85. The van der Waals surface area contributed by atoms with E-state index in [1.165, 1.54) is 25.6 Å². The van der Waals surface area contributed by atoms with Gasteiger partial charge in [-0.05, 0) is 43.0 Å². The predicted molar refractivity (Wildman–Crippen MR) is 96.5 cm³/mol. The number of oxazole rings is 1. The molecule has 4 aliphatic rings. The molecule has 7 heteroatoms. The van der Waals surface area contributed by atoms with Gasteiger partial charge >= 0.3 is 6.08 Å². The van der Waals surface area contributed by atoms with Gasteiger partial charge in [-0.2, -0.15) is 4.98 Å². The topological polar surface area (TPSA) is 67.6 Å². The van der Waals surface area contributed by atoms with Crippen molar-refractivity contribution in [3.8, 4) is 6.08 Å². The molecule has 26 heavy (non-hydrogen) atoms.